The van der Waals surface area contributed by atoms with Gasteiger partial charge in [0.15, 0.2) is 0 Å². The molecule has 5 nitrogen and oxygen atoms in total. The Labute approximate surface area is 141 Å². The molecule has 1 amide bonds. The Morgan fingerprint density at radius 2 is 2.00 bits per heavy atom. The third kappa shape index (κ3) is 2.62. The summed E-state index contributed by atoms with van der Waals surface area (Å²) in [4.78, 5) is 15.2. The van der Waals surface area contributed by atoms with Crippen molar-refractivity contribution in [1.82, 2.24) is 4.90 Å². The minimum Gasteiger partial charge on any atom is -0.461 e. The van der Waals surface area contributed by atoms with E-state index in [2.05, 4.69) is 0 Å². The van der Waals surface area contributed by atoms with E-state index in [1.165, 1.54) is 0 Å². The first kappa shape index (κ1) is 15.7. The molecule has 1 aromatic carbocycles. The molecule has 2 aliphatic rings. The molecular formula is C19H23NO4. The number of nitrogens with zero attached hydrogens (tertiary/aromatic N) is 1. The normalized spacial score (nSPS) is 23.8. The maximum atomic E-state index is 13.2. The van der Waals surface area contributed by atoms with E-state index in [0.717, 1.165) is 23.8 Å². The molecule has 2 aromatic rings. The summed E-state index contributed by atoms with van der Waals surface area (Å²) >= 11 is 0. The van der Waals surface area contributed by atoms with E-state index >= 15 is 0 Å². The predicted molar refractivity (Wildman–Crippen MR) is 90.2 cm³/mol. The highest BCUT2D eigenvalue weighted by Gasteiger charge is 2.42. The van der Waals surface area contributed by atoms with Crippen LogP contribution in [0.4, 0.5) is 0 Å². The summed E-state index contributed by atoms with van der Waals surface area (Å²) in [7, 11) is 0. The summed E-state index contributed by atoms with van der Waals surface area (Å²) in [6, 6.07) is 7.72. The van der Waals surface area contributed by atoms with Crippen LogP contribution in [0.5, 0.6) is 0 Å². The molecule has 0 N–H and O–H groups in total. The largest absolute Gasteiger partial charge is 0.461 e. The third-order valence-electron chi connectivity index (χ3n) is 5.08. The molecule has 0 bridgehead atoms. The van der Waals surface area contributed by atoms with Gasteiger partial charge in [-0.1, -0.05) is 18.2 Å². The van der Waals surface area contributed by atoms with Crippen molar-refractivity contribution >= 4 is 16.9 Å². The highest BCUT2D eigenvalue weighted by Crippen LogP contribution is 2.33. The number of fused-ring (bicyclic) bond motifs is 1. The molecule has 1 unspecified atom stereocenters. The number of hydrogen-bond donors (Lipinski definition) is 0. The van der Waals surface area contributed by atoms with Gasteiger partial charge in [0.25, 0.3) is 5.91 Å². The lowest BCUT2D eigenvalue weighted by molar-refractivity contribution is -0.176. The Balaban J connectivity index is 1.66. The number of aryl methyl sites for hydroxylation is 1. The highest BCUT2D eigenvalue weighted by atomic mass is 16.5. The summed E-state index contributed by atoms with van der Waals surface area (Å²) in [5.74, 6) is 0.722. The van der Waals surface area contributed by atoms with Gasteiger partial charge >= 0.3 is 0 Å². The van der Waals surface area contributed by atoms with Crippen LogP contribution in [0.3, 0.4) is 0 Å². The number of ether oxygens (including phenoxy) is 2. The third-order valence-corrected chi connectivity index (χ3v) is 5.08. The molecule has 1 atom stereocenters. The Morgan fingerprint density at radius 1 is 1.25 bits per heavy atom. The van der Waals surface area contributed by atoms with Gasteiger partial charge in [0.2, 0.25) is 0 Å². The van der Waals surface area contributed by atoms with E-state index in [1.807, 2.05) is 43.0 Å². The van der Waals surface area contributed by atoms with Crippen LogP contribution in [0.15, 0.2) is 28.7 Å². The highest BCUT2D eigenvalue weighted by molar-refractivity contribution is 6.07. The van der Waals surface area contributed by atoms with Gasteiger partial charge < -0.3 is 18.8 Å². The molecule has 3 heterocycles. The average Bonchev–Trinajstić information content (AvgIpc) is 2.90. The van der Waals surface area contributed by atoms with Crippen molar-refractivity contribution < 1.29 is 18.7 Å². The minimum atomic E-state index is -0.265. The predicted octanol–water partition coefficient (Wildman–Crippen LogP) is 3.15. The number of furan rings is 1. The van der Waals surface area contributed by atoms with Crippen molar-refractivity contribution in [2.45, 2.75) is 38.4 Å². The molecule has 1 aromatic heterocycles. The first-order valence-corrected chi connectivity index (χ1v) is 8.61. The summed E-state index contributed by atoms with van der Waals surface area (Å²) < 4.78 is 17.5. The summed E-state index contributed by atoms with van der Waals surface area (Å²) in [5, 5.41) is 0.889. The summed E-state index contributed by atoms with van der Waals surface area (Å²) in [6.45, 7) is 6.53. The van der Waals surface area contributed by atoms with Crippen molar-refractivity contribution in [3.05, 3.63) is 35.6 Å². The molecule has 0 saturated carbocycles. The maximum Gasteiger partial charge on any atom is 0.258 e. The molecule has 2 saturated heterocycles. The number of amides is 1. The Bertz CT molecular complexity index is 760. The maximum absolute atomic E-state index is 13.2. The number of para-hydroxylation sites is 1. The van der Waals surface area contributed by atoms with Crippen LogP contribution in [0.1, 0.15) is 35.9 Å². The fourth-order valence-electron chi connectivity index (χ4n) is 3.99. The van der Waals surface area contributed by atoms with Crippen molar-refractivity contribution in [3.8, 4) is 0 Å². The average molecular weight is 329 g/mol. The molecule has 24 heavy (non-hydrogen) atoms. The summed E-state index contributed by atoms with van der Waals surface area (Å²) in [5.41, 5.74) is 1.18. The quantitative estimate of drug-likeness (QED) is 0.806. The number of hydrogen-bond acceptors (Lipinski definition) is 4. The van der Waals surface area contributed by atoms with Crippen LogP contribution in [-0.4, -0.2) is 48.8 Å². The van der Waals surface area contributed by atoms with Crippen molar-refractivity contribution in [3.63, 3.8) is 0 Å². The van der Waals surface area contributed by atoms with Gasteiger partial charge in [-0.25, -0.2) is 0 Å². The van der Waals surface area contributed by atoms with Crippen LogP contribution in [0.2, 0.25) is 0 Å². The lowest BCUT2D eigenvalue weighted by atomic mass is 9.91. The summed E-state index contributed by atoms with van der Waals surface area (Å²) in [6.07, 6.45) is 1.71. The van der Waals surface area contributed by atoms with E-state index < -0.39 is 0 Å². The number of carbonyl (C=O) groups excluding carboxylic acids is 1. The van der Waals surface area contributed by atoms with Crippen LogP contribution in [-0.2, 0) is 9.47 Å². The second-order valence-corrected chi connectivity index (χ2v) is 6.94. The Kier molecular flexibility index (Phi) is 3.85. The van der Waals surface area contributed by atoms with Gasteiger partial charge in [-0.15, -0.1) is 0 Å². The first-order valence-electron chi connectivity index (χ1n) is 8.61. The number of rotatable bonds is 1. The van der Waals surface area contributed by atoms with Crippen molar-refractivity contribution in [1.29, 1.82) is 0 Å². The van der Waals surface area contributed by atoms with Crippen molar-refractivity contribution in [2.75, 3.05) is 26.3 Å². The van der Waals surface area contributed by atoms with E-state index in [0.29, 0.717) is 37.6 Å². The fraction of sp³-hybridized carbons (Fsp3) is 0.526. The standard InChI is InChI=1S/C19H23NO4/c1-13-11-20(12-19(24-13)7-9-22-10-8-19)18(21)17-14(2)23-16-6-4-3-5-15(16)17/h3-6,13H,7-12H2,1-2H3. The van der Waals surface area contributed by atoms with Crippen LogP contribution in [0.25, 0.3) is 11.0 Å². The van der Waals surface area contributed by atoms with Gasteiger partial charge in [-0.05, 0) is 19.9 Å². The zero-order valence-electron chi connectivity index (χ0n) is 14.2. The van der Waals surface area contributed by atoms with E-state index in [9.17, 15) is 4.79 Å². The molecule has 5 heteroatoms. The topological polar surface area (TPSA) is 51.9 Å². The Morgan fingerprint density at radius 3 is 2.79 bits per heavy atom. The van der Waals surface area contributed by atoms with E-state index in [4.69, 9.17) is 13.9 Å². The minimum absolute atomic E-state index is 0.0271. The molecule has 2 fully saturated rings. The van der Waals surface area contributed by atoms with E-state index in [-0.39, 0.29) is 17.6 Å². The zero-order valence-corrected chi connectivity index (χ0v) is 14.2. The monoisotopic (exact) mass is 329 g/mol. The SMILES string of the molecule is Cc1oc2ccccc2c1C(=O)N1CC(C)OC2(CCOCC2)C1. The molecule has 0 radical (unpaired) electrons. The fourth-order valence-corrected chi connectivity index (χ4v) is 3.99. The molecule has 4 rings (SSSR count). The lowest BCUT2D eigenvalue weighted by Gasteiger charge is -2.47. The lowest BCUT2D eigenvalue weighted by Crippen LogP contribution is -2.58. The van der Waals surface area contributed by atoms with Crippen LogP contribution < -0.4 is 0 Å². The second-order valence-electron chi connectivity index (χ2n) is 6.94. The van der Waals surface area contributed by atoms with Crippen LogP contribution >= 0.6 is 0 Å². The van der Waals surface area contributed by atoms with Gasteiger partial charge in [0.1, 0.15) is 11.3 Å². The van der Waals surface area contributed by atoms with Crippen molar-refractivity contribution in [2.24, 2.45) is 0 Å². The van der Waals surface area contributed by atoms with Gasteiger partial charge in [0, 0.05) is 38.0 Å². The number of carbonyl (C=O) groups is 1. The smallest absolute Gasteiger partial charge is 0.258 e. The van der Waals surface area contributed by atoms with Gasteiger partial charge in [0.05, 0.1) is 23.8 Å². The molecular weight excluding hydrogens is 306 g/mol. The molecule has 2 aliphatic heterocycles. The number of benzene rings is 1. The number of morpholine rings is 1. The first-order chi connectivity index (χ1) is 11.6. The van der Waals surface area contributed by atoms with E-state index in [1.54, 1.807) is 0 Å². The van der Waals surface area contributed by atoms with Gasteiger partial charge in [-0.3, -0.25) is 4.79 Å². The zero-order chi connectivity index (χ0) is 16.7. The second kappa shape index (κ2) is 5.90. The van der Waals surface area contributed by atoms with Gasteiger partial charge in [-0.2, -0.15) is 0 Å². The molecule has 128 valence electrons. The molecule has 1 spiro atoms. The molecule has 0 aliphatic carbocycles. The van der Waals surface area contributed by atoms with Crippen LogP contribution in [0, 0.1) is 6.92 Å². The Hall–Kier alpha value is -1.85.